The summed E-state index contributed by atoms with van der Waals surface area (Å²) >= 11 is 0. The summed E-state index contributed by atoms with van der Waals surface area (Å²) in [7, 11) is -2.97. The van der Waals surface area contributed by atoms with Crippen LogP contribution in [-0.4, -0.2) is 53.7 Å². The van der Waals surface area contributed by atoms with Gasteiger partial charge in [0.05, 0.1) is 23.7 Å². The largest absolute Gasteiger partial charge is 0.324 e. The molecular weight excluding hydrogens is 280 g/mol. The molecule has 8 heteroatoms. The number of amides is 2. The van der Waals surface area contributed by atoms with Gasteiger partial charge in [-0.2, -0.15) is 5.10 Å². The molecule has 7 nitrogen and oxygen atoms in total. The molecule has 1 aromatic heterocycles. The number of anilines is 1. The maximum absolute atomic E-state index is 12.1. The number of carbonyl (C=O) groups is 1. The Morgan fingerprint density at radius 1 is 1.35 bits per heavy atom. The minimum absolute atomic E-state index is 0.0985. The smallest absolute Gasteiger partial charge is 0.322 e. The Morgan fingerprint density at radius 2 is 2.10 bits per heavy atom. The van der Waals surface area contributed by atoms with Gasteiger partial charge >= 0.3 is 6.03 Å². The van der Waals surface area contributed by atoms with Gasteiger partial charge < -0.3 is 4.90 Å². The molecule has 3 rings (SSSR count). The quantitative estimate of drug-likeness (QED) is 0.878. The van der Waals surface area contributed by atoms with Crippen LogP contribution in [0, 0.1) is 0 Å². The summed E-state index contributed by atoms with van der Waals surface area (Å²) in [6.45, 7) is 1.55. The second kappa shape index (κ2) is 5.08. The number of carbonyl (C=O) groups excluding carboxylic acids is 1. The van der Waals surface area contributed by atoms with E-state index in [0.29, 0.717) is 12.2 Å². The number of urea groups is 1. The number of rotatable bonds is 2. The zero-order chi connectivity index (χ0) is 14.2. The van der Waals surface area contributed by atoms with Gasteiger partial charge in [0.25, 0.3) is 0 Å². The van der Waals surface area contributed by atoms with Gasteiger partial charge in [-0.25, -0.2) is 17.9 Å². The van der Waals surface area contributed by atoms with Crippen LogP contribution >= 0.6 is 0 Å². The molecule has 0 aromatic carbocycles. The van der Waals surface area contributed by atoms with Gasteiger partial charge in [0.15, 0.2) is 9.84 Å². The van der Waals surface area contributed by atoms with Crippen molar-refractivity contribution in [1.29, 1.82) is 0 Å². The van der Waals surface area contributed by atoms with Gasteiger partial charge in [0.2, 0.25) is 0 Å². The molecule has 0 radical (unpaired) electrons. The second-order valence-electron chi connectivity index (χ2n) is 5.34. The Bertz CT molecular complexity index is 604. The van der Waals surface area contributed by atoms with Crippen molar-refractivity contribution < 1.29 is 13.2 Å². The number of hydrogen-bond acceptors (Lipinski definition) is 4. The molecule has 0 bridgehead atoms. The predicted molar refractivity (Wildman–Crippen MR) is 74.4 cm³/mol. The average molecular weight is 298 g/mol. The topological polar surface area (TPSA) is 84.3 Å². The van der Waals surface area contributed by atoms with E-state index in [2.05, 4.69) is 10.4 Å². The lowest BCUT2D eigenvalue weighted by Crippen LogP contribution is -2.33. The Kier molecular flexibility index (Phi) is 3.41. The lowest BCUT2D eigenvalue weighted by atomic mass is 10.3. The van der Waals surface area contributed by atoms with Crippen molar-refractivity contribution in [1.82, 2.24) is 14.7 Å². The highest BCUT2D eigenvalue weighted by atomic mass is 32.2. The summed E-state index contributed by atoms with van der Waals surface area (Å²) in [5.74, 6) is 0.863. The first-order valence-electron chi connectivity index (χ1n) is 6.85. The van der Waals surface area contributed by atoms with E-state index >= 15 is 0 Å². The van der Waals surface area contributed by atoms with Crippen LogP contribution < -0.4 is 5.32 Å². The molecule has 1 N–H and O–H groups in total. The highest BCUT2D eigenvalue weighted by Gasteiger charge is 2.31. The van der Waals surface area contributed by atoms with Crippen LogP contribution in [0.25, 0.3) is 0 Å². The fourth-order valence-corrected chi connectivity index (χ4v) is 4.47. The number of nitrogens with one attached hydrogen (secondary N) is 1. The van der Waals surface area contributed by atoms with Gasteiger partial charge in [0.1, 0.15) is 5.82 Å². The molecule has 2 aliphatic heterocycles. The molecule has 3 heterocycles. The van der Waals surface area contributed by atoms with Crippen LogP contribution in [0.4, 0.5) is 10.6 Å². The SMILES string of the molecule is O=C(Nc1ccnn1C1CCS(=O)(=O)C1)N1CCCC1. The lowest BCUT2D eigenvalue weighted by Gasteiger charge is -2.18. The standard InChI is InChI=1S/C12H18N4O3S/c17-12(15-6-1-2-7-15)14-11-3-5-13-16(11)10-4-8-20(18,19)9-10/h3,5,10H,1-2,4,6-9H2,(H,14,17). The number of sulfone groups is 1. The van der Waals surface area contributed by atoms with E-state index < -0.39 is 9.84 Å². The molecule has 1 aromatic rings. The molecule has 110 valence electrons. The highest BCUT2D eigenvalue weighted by molar-refractivity contribution is 7.91. The third kappa shape index (κ3) is 2.65. The summed E-state index contributed by atoms with van der Waals surface area (Å²) in [5.41, 5.74) is 0. The number of likely N-dealkylation sites (tertiary alicyclic amines) is 1. The third-order valence-electron chi connectivity index (χ3n) is 3.85. The maximum atomic E-state index is 12.1. The number of nitrogens with zero attached hydrogens (tertiary/aromatic N) is 3. The van der Waals surface area contributed by atoms with Gasteiger partial charge in [0, 0.05) is 19.2 Å². The van der Waals surface area contributed by atoms with E-state index in [-0.39, 0.29) is 23.6 Å². The van der Waals surface area contributed by atoms with E-state index in [1.807, 2.05) is 0 Å². The Balaban J connectivity index is 1.72. The molecule has 1 atom stereocenters. The fraction of sp³-hybridized carbons (Fsp3) is 0.667. The molecule has 1 unspecified atom stereocenters. The van der Waals surface area contributed by atoms with Gasteiger partial charge in [-0.15, -0.1) is 0 Å². The average Bonchev–Trinajstić information content (AvgIpc) is 3.08. The molecule has 0 aliphatic carbocycles. The molecular formula is C12H18N4O3S. The van der Waals surface area contributed by atoms with Crippen LogP contribution in [0.1, 0.15) is 25.3 Å². The van der Waals surface area contributed by atoms with E-state index in [0.717, 1.165) is 25.9 Å². The fourth-order valence-electron chi connectivity index (χ4n) is 2.78. The van der Waals surface area contributed by atoms with E-state index in [1.165, 1.54) is 0 Å². The summed E-state index contributed by atoms with van der Waals surface area (Å²) in [6.07, 6.45) is 4.21. The minimum atomic E-state index is -2.97. The van der Waals surface area contributed by atoms with E-state index in [4.69, 9.17) is 0 Å². The number of hydrogen-bond donors (Lipinski definition) is 1. The minimum Gasteiger partial charge on any atom is -0.324 e. The monoisotopic (exact) mass is 298 g/mol. The second-order valence-corrected chi connectivity index (χ2v) is 7.57. The zero-order valence-corrected chi connectivity index (χ0v) is 12.0. The van der Waals surface area contributed by atoms with Crippen molar-refractivity contribution in [3.63, 3.8) is 0 Å². The van der Waals surface area contributed by atoms with Crippen molar-refractivity contribution in [2.75, 3.05) is 29.9 Å². The van der Waals surface area contributed by atoms with Crippen molar-refractivity contribution >= 4 is 21.7 Å². The van der Waals surface area contributed by atoms with Crippen LogP contribution in [0.5, 0.6) is 0 Å². The highest BCUT2D eigenvalue weighted by Crippen LogP contribution is 2.26. The van der Waals surface area contributed by atoms with Crippen LogP contribution in [-0.2, 0) is 9.84 Å². The molecule has 2 fully saturated rings. The Labute approximate surface area is 117 Å². The van der Waals surface area contributed by atoms with Crippen molar-refractivity contribution in [3.05, 3.63) is 12.3 Å². The normalized spacial score (nSPS) is 25.0. The molecule has 0 spiro atoms. The van der Waals surface area contributed by atoms with Gasteiger partial charge in [-0.3, -0.25) is 5.32 Å². The van der Waals surface area contributed by atoms with Crippen molar-refractivity contribution in [2.45, 2.75) is 25.3 Å². The molecule has 0 saturated carbocycles. The van der Waals surface area contributed by atoms with Gasteiger partial charge in [-0.1, -0.05) is 0 Å². The van der Waals surface area contributed by atoms with Crippen molar-refractivity contribution in [2.24, 2.45) is 0 Å². The van der Waals surface area contributed by atoms with Gasteiger partial charge in [-0.05, 0) is 19.3 Å². The summed E-state index contributed by atoms with van der Waals surface area (Å²) in [6, 6.07) is 1.40. The molecule has 2 amide bonds. The van der Waals surface area contributed by atoms with E-state index in [9.17, 15) is 13.2 Å². The first-order chi connectivity index (χ1) is 9.55. The zero-order valence-electron chi connectivity index (χ0n) is 11.2. The van der Waals surface area contributed by atoms with Crippen LogP contribution in [0.2, 0.25) is 0 Å². The molecule has 20 heavy (non-hydrogen) atoms. The molecule has 2 aliphatic rings. The number of aromatic nitrogens is 2. The predicted octanol–water partition coefficient (Wildman–Crippen LogP) is 0.870. The van der Waals surface area contributed by atoms with E-state index in [1.54, 1.807) is 21.8 Å². The molecule has 2 saturated heterocycles. The summed E-state index contributed by atoms with van der Waals surface area (Å²) in [5, 5.41) is 6.99. The van der Waals surface area contributed by atoms with Crippen LogP contribution in [0.15, 0.2) is 12.3 Å². The lowest BCUT2D eigenvalue weighted by molar-refractivity contribution is 0.222. The first-order valence-corrected chi connectivity index (χ1v) is 8.67. The maximum Gasteiger partial charge on any atom is 0.322 e. The Hall–Kier alpha value is -1.57. The first kappa shape index (κ1) is 13.4. The van der Waals surface area contributed by atoms with Crippen molar-refractivity contribution in [3.8, 4) is 0 Å². The summed E-state index contributed by atoms with van der Waals surface area (Å²) < 4.78 is 24.7. The van der Waals surface area contributed by atoms with Crippen LogP contribution in [0.3, 0.4) is 0 Å². The third-order valence-corrected chi connectivity index (χ3v) is 5.60. The summed E-state index contributed by atoms with van der Waals surface area (Å²) in [4.78, 5) is 13.8. The Morgan fingerprint density at radius 3 is 2.75 bits per heavy atom.